The molecule has 0 N–H and O–H groups in total. The molecule has 1 amide bonds. The number of rotatable bonds is 4. The smallest absolute Gasteiger partial charge is 0.338 e. The summed E-state index contributed by atoms with van der Waals surface area (Å²) in [5.74, 6) is -0.783. The van der Waals surface area contributed by atoms with Crippen molar-refractivity contribution < 1.29 is 18.7 Å². The van der Waals surface area contributed by atoms with Crippen molar-refractivity contribution in [3.8, 4) is 0 Å². The maximum absolute atomic E-state index is 13.9. The second kappa shape index (κ2) is 9.28. The summed E-state index contributed by atoms with van der Waals surface area (Å²) in [6.07, 6.45) is 0. The average molecular weight is 510 g/mol. The van der Waals surface area contributed by atoms with Gasteiger partial charge in [-0.05, 0) is 84.8 Å². The lowest BCUT2D eigenvalue weighted by Gasteiger charge is -2.26. The van der Waals surface area contributed by atoms with Gasteiger partial charge in [-0.3, -0.25) is 14.5 Å². The Bertz CT molecular complexity index is 1620. The van der Waals surface area contributed by atoms with Gasteiger partial charge in [-0.1, -0.05) is 45.0 Å². The van der Waals surface area contributed by atoms with Gasteiger partial charge in [0, 0.05) is 5.69 Å². The van der Waals surface area contributed by atoms with Crippen LogP contribution in [-0.4, -0.2) is 18.5 Å². The van der Waals surface area contributed by atoms with Gasteiger partial charge in [0.2, 0.25) is 5.76 Å². The molecule has 1 aromatic heterocycles. The van der Waals surface area contributed by atoms with Crippen molar-refractivity contribution in [2.45, 2.75) is 53.0 Å². The van der Waals surface area contributed by atoms with Crippen molar-refractivity contribution in [1.29, 1.82) is 0 Å². The molecule has 2 heterocycles. The van der Waals surface area contributed by atoms with E-state index < -0.39 is 17.9 Å². The minimum atomic E-state index is -0.678. The highest BCUT2D eigenvalue weighted by Crippen LogP contribution is 2.42. The number of carbonyl (C=O) groups is 2. The monoisotopic (exact) mass is 509 g/mol. The van der Waals surface area contributed by atoms with Crippen LogP contribution in [0.4, 0.5) is 5.69 Å². The Morgan fingerprint density at radius 3 is 2.18 bits per heavy atom. The van der Waals surface area contributed by atoms with Crippen LogP contribution in [0.2, 0.25) is 0 Å². The first-order chi connectivity index (χ1) is 18.0. The molecule has 4 aromatic rings. The molecule has 194 valence electrons. The first-order valence-corrected chi connectivity index (χ1v) is 12.8. The van der Waals surface area contributed by atoms with Crippen LogP contribution in [0.15, 0.2) is 69.9 Å². The maximum Gasteiger partial charge on any atom is 0.338 e. The highest BCUT2D eigenvalue weighted by molar-refractivity contribution is 6.10. The fourth-order valence-electron chi connectivity index (χ4n) is 4.95. The lowest BCUT2D eigenvalue weighted by atomic mass is 9.85. The molecule has 6 nitrogen and oxygen atoms in total. The topological polar surface area (TPSA) is 76.8 Å². The predicted octanol–water partition coefficient (Wildman–Crippen LogP) is 6.63. The highest BCUT2D eigenvalue weighted by Gasteiger charge is 2.43. The molecule has 38 heavy (non-hydrogen) atoms. The quantitative estimate of drug-likeness (QED) is 0.289. The summed E-state index contributed by atoms with van der Waals surface area (Å²) in [4.78, 5) is 41.6. The normalized spacial score (nSPS) is 15.2. The van der Waals surface area contributed by atoms with Crippen molar-refractivity contribution in [3.05, 3.63) is 110 Å². The third kappa shape index (κ3) is 4.20. The number of fused-ring (bicyclic) bond motifs is 2. The summed E-state index contributed by atoms with van der Waals surface area (Å²) >= 11 is 0. The zero-order chi connectivity index (χ0) is 27.4. The van der Waals surface area contributed by atoms with Gasteiger partial charge in [0.25, 0.3) is 5.91 Å². The third-order valence-electron chi connectivity index (χ3n) is 7.24. The van der Waals surface area contributed by atoms with Gasteiger partial charge >= 0.3 is 5.97 Å². The van der Waals surface area contributed by atoms with Crippen LogP contribution in [-0.2, 0) is 10.2 Å². The molecule has 1 aliphatic rings. The van der Waals surface area contributed by atoms with Gasteiger partial charge in [-0.2, -0.15) is 0 Å². The van der Waals surface area contributed by atoms with E-state index in [0.29, 0.717) is 27.8 Å². The number of anilines is 1. The van der Waals surface area contributed by atoms with E-state index in [4.69, 9.17) is 9.15 Å². The van der Waals surface area contributed by atoms with Crippen LogP contribution < -0.4 is 10.3 Å². The van der Waals surface area contributed by atoms with Crippen LogP contribution in [0.3, 0.4) is 0 Å². The number of esters is 1. The van der Waals surface area contributed by atoms with Gasteiger partial charge < -0.3 is 9.15 Å². The summed E-state index contributed by atoms with van der Waals surface area (Å²) < 4.78 is 11.2. The predicted molar refractivity (Wildman–Crippen MR) is 148 cm³/mol. The molecular formula is C32H31NO5. The number of ether oxygens (including phenoxy) is 1. The van der Waals surface area contributed by atoms with Gasteiger partial charge in [0.15, 0.2) is 5.43 Å². The number of hydrogen-bond acceptors (Lipinski definition) is 5. The Morgan fingerprint density at radius 1 is 0.947 bits per heavy atom. The van der Waals surface area contributed by atoms with E-state index >= 15 is 0 Å². The fourth-order valence-corrected chi connectivity index (χ4v) is 4.95. The Hall–Kier alpha value is -4.19. The van der Waals surface area contributed by atoms with Crippen molar-refractivity contribution >= 4 is 28.5 Å². The average Bonchev–Trinajstić information content (AvgIpc) is 3.17. The number of aryl methyl sites for hydroxylation is 2. The molecule has 1 aliphatic heterocycles. The molecule has 1 unspecified atom stereocenters. The first-order valence-electron chi connectivity index (χ1n) is 12.8. The molecule has 6 heteroatoms. The second-order valence-electron chi connectivity index (χ2n) is 10.8. The molecule has 5 rings (SSSR count). The molecular weight excluding hydrogens is 478 g/mol. The molecule has 0 radical (unpaired) electrons. The van der Waals surface area contributed by atoms with Crippen LogP contribution in [0.1, 0.15) is 82.5 Å². The second-order valence-corrected chi connectivity index (χ2v) is 10.8. The van der Waals surface area contributed by atoms with Crippen molar-refractivity contribution in [2.24, 2.45) is 0 Å². The zero-order valence-electron chi connectivity index (χ0n) is 22.5. The molecule has 0 fully saturated rings. The SMILES string of the molecule is CCOC(=O)c1ccc(N2C(=O)c3oc4cc(C)c(C)cc4c(=O)c3C2c2ccc(C(C)(C)C)cc2)cc1. The highest BCUT2D eigenvalue weighted by atomic mass is 16.5. The van der Waals surface area contributed by atoms with E-state index in [-0.39, 0.29) is 23.2 Å². The molecule has 0 saturated heterocycles. The van der Waals surface area contributed by atoms with Crippen LogP contribution in [0.25, 0.3) is 11.0 Å². The van der Waals surface area contributed by atoms with Gasteiger partial charge in [0.1, 0.15) is 5.58 Å². The third-order valence-corrected chi connectivity index (χ3v) is 7.24. The Balaban J connectivity index is 1.71. The summed E-state index contributed by atoms with van der Waals surface area (Å²) in [5, 5.41) is 0.454. The minimum Gasteiger partial charge on any atom is -0.462 e. The van der Waals surface area contributed by atoms with Gasteiger partial charge in [0.05, 0.1) is 29.2 Å². The number of carbonyl (C=O) groups excluding carboxylic acids is 2. The number of amides is 1. The van der Waals surface area contributed by atoms with Crippen LogP contribution in [0.5, 0.6) is 0 Å². The molecule has 0 bridgehead atoms. The van der Waals surface area contributed by atoms with E-state index in [1.807, 2.05) is 50.2 Å². The van der Waals surface area contributed by atoms with E-state index in [0.717, 1.165) is 22.3 Å². The molecule has 0 spiro atoms. The van der Waals surface area contributed by atoms with Gasteiger partial charge in [-0.25, -0.2) is 4.79 Å². The lowest BCUT2D eigenvalue weighted by molar-refractivity contribution is 0.0526. The molecule has 3 aromatic carbocycles. The zero-order valence-corrected chi connectivity index (χ0v) is 22.5. The van der Waals surface area contributed by atoms with Crippen molar-refractivity contribution in [3.63, 3.8) is 0 Å². The Kier molecular flexibility index (Phi) is 6.22. The lowest BCUT2D eigenvalue weighted by Crippen LogP contribution is -2.29. The Morgan fingerprint density at radius 2 is 1.58 bits per heavy atom. The molecule has 1 atom stereocenters. The standard InChI is InChI=1S/C32H31NO5/c1-7-37-31(36)21-10-14-23(15-11-21)33-27(20-8-12-22(13-9-20)32(4,5)6)26-28(34)24-16-18(2)19(3)17-25(24)38-29(26)30(33)35/h8-17,27H,7H2,1-6H3. The number of benzene rings is 3. The van der Waals surface area contributed by atoms with Crippen molar-refractivity contribution in [1.82, 2.24) is 0 Å². The molecule has 0 aliphatic carbocycles. The van der Waals surface area contributed by atoms with E-state index in [2.05, 4.69) is 20.8 Å². The fraction of sp³-hybridized carbons (Fsp3) is 0.281. The Labute approximate surface area is 221 Å². The maximum atomic E-state index is 13.9. The van der Waals surface area contributed by atoms with E-state index in [1.54, 1.807) is 36.1 Å². The van der Waals surface area contributed by atoms with Crippen LogP contribution >= 0.6 is 0 Å². The largest absolute Gasteiger partial charge is 0.462 e. The number of nitrogens with zero attached hydrogens (tertiary/aromatic N) is 1. The van der Waals surface area contributed by atoms with Crippen molar-refractivity contribution in [2.75, 3.05) is 11.5 Å². The minimum absolute atomic E-state index is 0.0464. The first kappa shape index (κ1) is 25.5. The summed E-state index contributed by atoms with van der Waals surface area (Å²) in [7, 11) is 0. The number of hydrogen-bond donors (Lipinski definition) is 0. The van der Waals surface area contributed by atoms with Gasteiger partial charge in [-0.15, -0.1) is 0 Å². The summed E-state index contributed by atoms with van der Waals surface area (Å²) in [6.45, 7) is 12.3. The summed E-state index contributed by atoms with van der Waals surface area (Å²) in [5.41, 5.74) is 5.30. The van der Waals surface area contributed by atoms with Crippen LogP contribution in [0, 0.1) is 13.8 Å². The molecule has 0 saturated carbocycles. The summed E-state index contributed by atoms with van der Waals surface area (Å²) in [6, 6.07) is 17.6. The van der Waals surface area contributed by atoms with E-state index in [1.165, 1.54) is 0 Å². The van der Waals surface area contributed by atoms with E-state index in [9.17, 15) is 14.4 Å².